The van der Waals surface area contributed by atoms with Crippen LogP contribution in [0.2, 0.25) is 0 Å². The number of hydrogen-bond donors (Lipinski definition) is 3. The Morgan fingerprint density at radius 3 is 2.58 bits per heavy atom. The molecule has 3 N–H and O–H groups in total. The number of aromatic nitrogens is 2. The van der Waals surface area contributed by atoms with Crippen molar-refractivity contribution in [3.8, 4) is 11.1 Å². The molecule has 12 heteroatoms. The number of nitrogens with one attached hydrogen (secondary N) is 3. The summed E-state index contributed by atoms with van der Waals surface area (Å²) in [5.74, 6) is -0.729. The summed E-state index contributed by atoms with van der Waals surface area (Å²) >= 11 is 0. The van der Waals surface area contributed by atoms with E-state index in [1.165, 1.54) is 29.4 Å². The Balaban J connectivity index is 1.50. The van der Waals surface area contributed by atoms with Gasteiger partial charge in [-0.3, -0.25) is 19.8 Å². The van der Waals surface area contributed by atoms with Crippen LogP contribution in [0.5, 0.6) is 0 Å². The van der Waals surface area contributed by atoms with Gasteiger partial charge in [-0.1, -0.05) is 18.2 Å². The Kier molecular flexibility index (Phi) is 7.15. The Hall–Kier alpha value is -4.06. The lowest BCUT2D eigenvalue weighted by Crippen LogP contribution is -2.53. The maximum Gasteiger partial charge on any atom is 0.321 e. The molecule has 3 aromatic rings. The van der Waals surface area contributed by atoms with Gasteiger partial charge in [0, 0.05) is 23.4 Å². The lowest BCUT2D eigenvalue weighted by Gasteiger charge is -2.32. The number of nitrogens with zero attached hydrogens (tertiary/aromatic N) is 3. The fourth-order valence-corrected chi connectivity index (χ4v) is 4.51. The van der Waals surface area contributed by atoms with E-state index in [1.807, 2.05) is 0 Å². The first-order valence-electron chi connectivity index (χ1n) is 11.1. The van der Waals surface area contributed by atoms with Crippen molar-refractivity contribution in [2.45, 2.75) is 25.8 Å². The van der Waals surface area contributed by atoms with Gasteiger partial charge in [0.25, 0.3) is 0 Å². The van der Waals surface area contributed by atoms with Crippen LogP contribution in [0.3, 0.4) is 0 Å². The van der Waals surface area contributed by atoms with E-state index in [-0.39, 0.29) is 23.0 Å². The average molecular weight is 513 g/mol. The predicted molar refractivity (Wildman–Crippen MR) is 135 cm³/mol. The highest BCUT2D eigenvalue weighted by Gasteiger charge is 2.31. The van der Waals surface area contributed by atoms with Gasteiger partial charge in [0.2, 0.25) is 15.9 Å². The van der Waals surface area contributed by atoms with E-state index in [9.17, 15) is 18.0 Å². The number of amides is 3. The second kappa shape index (κ2) is 10.3. The molecule has 0 radical (unpaired) electrons. The van der Waals surface area contributed by atoms with Gasteiger partial charge in [-0.15, -0.1) is 0 Å². The second-order valence-corrected chi connectivity index (χ2v) is 10.2. The molecule has 0 saturated carbocycles. The molecule has 2 heterocycles. The third-order valence-corrected chi connectivity index (χ3v) is 6.13. The van der Waals surface area contributed by atoms with Crippen molar-refractivity contribution in [3.05, 3.63) is 66.4 Å². The van der Waals surface area contributed by atoms with E-state index in [0.717, 1.165) is 6.26 Å². The molecular weight excluding hydrogens is 487 g/mol. The Bertz CT molecular complexity index is 1400. The quantitative estimate of drug-likeness (QED) is 0.464. The number of rotatable bonds is 6. The molecule has 1 fully saturated rings. The van der Waals surface area contributed by atoms with Crippen molar-refractivity contribution in [3.63, 3.8) is 0 Å². The molecule has 3 amide bonds. The van der Waals surface area contributed by atoms with Crippen molar-refractivity contribution in [2.24, 2.45) is 0 Å². The van der Waals surface area contributed by atoms with Gasteiger partial charge >= 0.3 is 6.03 Å². The molecule has 0 unspecified atom stereocenters. The number of aryl methyl sites for hydroxylation is 1. The molecule has 2 aromatic carbocycles. The Morgan fingerprint density at radius 2 is 1.89 bits per heavy atom. The van der Waals surface area contributed by atoms with E-state index in [2.05, 4.69) is 25.3 Å². The smallest absolute Gasteiger partial charge is 0.321 e. The molecule has 0 bridgehead atoms. The molecule has 1 aliphatic rings. The summed E-state index contributed by atoms with van der Waals surface area (Å²) in [4.78, 5) is 35.0. The minimum absolute atomic E-state index is 0.184. The normalized spacial score (nSPS) is 15.9. The summed E-state index contributed by atoms with van der Waals surface area (Å²) in [6.07, 6.45) is 4.98. The van der Waals surface area contributed by atoms with Crippen LogP contribution in [0.15, 0.2) is 54.9 Å². The molecule has 10 nitrogen and oxygen atoms in total. The van der Waals surface area contributed by atoms with Crippen LogP contribution in [0, 0.1) is 12.7 Å². The Labute approximate surface area is 208 Å². The number of piperidine rings is 1. The van der Waals surface area contributed by atoms with Crippen molar-refractivity contribution < 1.29 is 22.4 Å². The van der Waals surface area contributed by atoms with E-state index in [1.54, 1.807) is 37.3 Å². The zero-order valence-electron chi connectivity index (χ0n) is 19.7. The van der Waals surface area contributed by atoms with E-state index in [0.29, 0.717) is 36.3 Å². The zero-order chi connectivity index (χ0) is 25.9. The zero-order valence-corrected chi connectivity index (χ0v) is 20.5. The summed E-state index contributed by atoms with van der Waals surface area (Å²) in [7, 11) is -3.56. The molecule has 36 heavy (non-hydrogen) atoms. The number of carbonyl (C=O) groups excluding carboxylic acids is 2. The number of sulfonamides is 1. The highest BCUT2D eigenvalue weighted by molar-refractivity contribution is 7.92. The summed E-state index contributed by atoms with van der Waals surface area (Å²) < 4.78 is 41.0. The van der Waals surface area contributed by atoms with Crippen LogP contribution >= 0.6 is 0 Å². The van der Waals surface area contributed by atoms with Gasteiger partial charge in [-0.25, -0.2) is 22.6 Å². The van der Waals surface area contributed by atoms with Crippen LogP contribution in [0.4, 0.5) is 26.4 Å². The van der Waals surface area contributed by atoms with Crippen molar-refractivity contribution in [1.82, 2.24) is 15.3 Å². The lowest BCUT2D eigenvalue weighted by molar-refractivity contribution is -0.121. The first-order chi connectivity index (χ1) is 17.1. The number of benzene rings is 2. The number of anilines is 3. The predicted octanol–water partition coefficient (Wildman–Crippen LogP) is 3.28. The van der Waals surface area contributed by atoms with Gasteiger partial charge in [-0.05, 0) is 44.0 Å². The molecule has 188 valence electrons. The highest BCUT2D eigenvalue weighted by Crippen LogP contribution is 2.33. The van der Waals surface area contributed by atoms with Crippen molar-refractivity contribution in [1.29, 1.82) is 0 Å². The SMILES string of the molecule is Cc1cnc(NC(=O)N[C@@H]2CCCN(c3ccc(-c4ccccc4NS(C)(=O)=O)c(F)c3)C2=O)cn1. The summed E-state index contributed by atoms with van der Waals surface area (Å²) in [6.45, 7) is 2.14. The average Bonchev–Trinajstić information content (AvgIpc) is 2.81. The number of hydrogen-bond acceptors (Lipinski definition) is 6. The van der Waals surface area contributed by atoms with E-state index < -0.39 is 27.9 Å². The Morgan fingerprint density at radius 1 is 1.11 bits per heavy atom. The molecule has 1 aliphatic heterocycles. The number of urea groups is 1. The van der Waals surface area contributed by atoms with E-state index >= 15 is 4.39 Å². The summed E-state index contributed by atoms with van der Waals surface area (Å²) in [5.41, 5.74) is 1.84. The maximum atomic E-state index is 15.2. The van der Waals surface area contributed by atoms with Gasteiger partial charge in [-0.2, -0.15) is 0 Å². The molecule has 1 aromatic heterocycles. The minimum atomic E-state index is -3.56. The van der Waals surface area contributed by atoms with Crippen LogP contribution in [-0.4, -0.2) is 49.2 Å². The fourth-order valence-electron chi connectivity index (χ4n) is 3.93. The second-order valence-electron chi connectivity index (χ2n) is 8.41. The first kappa shape index (κ1) is 25.0. The molecule has 1 saturated heterocycles. The number of carbonyl (C=O) groups is 2. The molecule has 1 atom stereocenters. The standard InChI is InChI=1S/C24H25FN6O4S/c1-15-13-27-22(14-26-15)29-24(33)28-21-8-5-11-31(23(21)32)16-9-10-17(19(25)12-16)18-6-3-4-7-20(18)30-36(2,34)35/h3-4,6-7,9-10,12-14,21,30H,5,8,11H2,1-2H3,(H2,27,28,29,33)/t21-/m1/s1. The van der Waals surface area contributed by atoms with Gasteiger partial charge in [0.05, 0.1) is 30.0 Å². The van der Waals surface area contributed by atoms with Gasteiger partial charge in [0.15, 0.2) is 5.82 Å². The number of halogens is 1. The monoisotopic (exact) mass is 512 g/mol. The number of para-hydroxylation sites is 1. The van der Waals surface area contributed by atoms with Gasteiger partial charge in [0.1, 0.15) is 11.9 Å². The molecular formula is C24H25FN6O4S. The lowest BCUT2D eigenvalue weighted by atomic mass is 10.0. The summed E-state index contributed by atoms with van der Waals surface area (Å²) in [5, 5.41) is 5.19. The molecule has 0 spiro atoms. The van der Waals surface area contributed by atoms with E-state index in [4.69, 9.17) is 0 Å². The van der Waals surface area contributed by atoms with Crippen LogP contribution in [0.1, 0.15) is 18.5 Å². The topological polar surface area (TPSA) is 133 Å². The fraction of sp³-hybridized carbons (Fsp3) is 0.250. The third kappa shape index (κ3) is 5.95. The van der Waals surface area contributed by atoms with Crippen LogP contribution in [-0.2, 0) is 14.8 Å². The molecule has 0 aliphatic carbocycles. The molecule has 4 rings (SSSR count). The van der Waals surface area contributed by atoms with Crippen molar-refractivity contribution >= 4 is 39.2 Å². The third-order valence-electron chi connectivity index (χ3n) is 5.54. The highest BCUT2D eigenvalue weighted by atomic mass is 32.2. The van der Waals surface area contributed by atoms with Crippen LogP contribution in [0.25, 0.3) is 11.1 Å². The van der Waals surface area contributed by atoms with Crippen LogP contribution < -0.4 is 20.3 Å². The largest absolute Gasteiger partial charge is 0.326 e. The van der Waals surface area contributed by atoms with Gasteiger partial charge < -0.3 is 10.2 Å². The minimum Gasteiger partial charge on any atom is -0.326 e. The first-order valence-corrected chi connectivity index (χ1v) is 13.0. The van der Waals surface area contributed by atoms with Crippen molar-refractivity contribution in [2.75, 3.05) is 27.7 Å². The summed E-state index contributed by atoms with van der Waals surface area (Å²) in [6, 6.07) is 9.41. The maximum absolute atomic E-state index is 15.2.